The van der Waals surface area contributed by atoms with E-state index >= 15 is 0 Å². The average molecular weight is 223 g/mol. The number of nitrogens with one attached hydrogen (secondary N) is 1. The van der Waals surface area contributed by atoms with Gasteiger partial charge in [0.15, 0.2) is 0 Å². The summed E-state index contributed by atoms with van der Waals surface area (Å²) in [5, 5.41) is 12.4. The van der Waals surface area contributed by atoms with Gasteiger partial charge in [0, 0.05) is 19.7 Å². The van der Waals surface area contributed by atoms with Gasteiger partial charge >= 0.3 is 0 Å². The molecule has 3 heteroatoms. The van der Waals surface area contributed by atoms with Gasteiger partial charge in [-0.3, -0.25) is 0 Å². The molecule has 1 aromatic carbocycles. The molecule has 0 fully saturated rings. The van der Waals surface area contributed by atoms with E-state index < -0.39 is 0 Å². The van der Waals surface area contributed by atoms with E-state index in [1.165, 1.54) is 11.1 Å². The number of hydrogen-bond acceptors (Lipinski definition) is 3. The van der Waals surface area contributed by atoms with E-state index in [-0.39, 0.29) is 12.6 Å². The number of methoxy groups -OCH3 is 1. The van der Waals surface area contributed by atoms with Crippen LogP contribution in [0.5, 0.6) is 0 Å². The molecule has 0 aliphatic carbocycles. The van der Waals surface area contributed by atoms with Gasteiger partial charge < -0.3 is 15.2 Å². The summed E-state index contributed by atoms with van der Waals surface area (Å²) in [7, 11) is 1.70. The van der Waals surface area contributed by atoms with E-state index in [1.807, 2.05) is 6.07 Å². The first kappa shape index (κ1) is 13.2. The molecule has 0 aliphatic heterocycles. The fourth-order valence-corrected chi connectivity index (χ4v) is 1.60. The molecular formula is C13H21NO2. The zero-order chi connectivity index (χ0) is 11.8. The fourth-order valence-electron chi connectivity index (χ4n) is 1.60. The number of aliphatic hydroxyl groups excluding tert-OH is 1. The lowest BCUT2D eigenvalue weighted by Gasteiger charge is -2.14. The Hall–Kier alpha value is -0.900. The van der Waals surface area contributed by atoms with Crippen molar-refractivity contribution in [2.24, 2.45) is 0 Å². The number of hydrogen-bond donors (Lipinski definition) is 2. The van der Waals surface area contributed by atoms with Crippen molar-refractivity contribution in [3.8, 4) is 0 Å². The normalized spacial score (nSPS) is 12.7. The Balaban J connectivity index is 2.49. The third-order valence-electron chi connectivity index (χ3n) is 2.61. The van der Waals surface area contributed by atoms with Crippen LogP contribution in [0, 0.1) is 0 Å². The van der Waals surface area contributed by atoms with Crippen molar-refractivity contribution in [2.75, 3.05) is 13.7 Å². The van der Waals surface area contributed by atoms with Crippen LogP contribution >= 0.6 is 0 Å². The predicted molar refractivity (Wildman–Crippen MR) is 65.2 cm³/mol. The molecule has 1 atom stereocenters. The monoisotopic (exact) mass is 223 g/mol. The highest BCUT2D eigenvalue weighted by Gasteiger charge is 2.03. The summed E-state index contributed by atoms with van der Waals surface area (Å²) < 4.78 is 5.09. The molecule has 0 amide bonds. The summed E-state index contributed by atoms with van der Waals surface area (Å²) >= 11 is 0. The van der Waals surface area contributed by atoms with E-state index in [4.69, 9.17) is 9.84 Å². The van der Waals surface area contributed by atoms with Crippen LogP contribution in [0.1, 0.15) is 24.5 Å². The molecule has 1 aromatic rings. The third-order valence-corrected chi connectivity index (χ3v) is 2.61. The molecule has 0 radical (unpaired) electrons. The largest absolute Gasteiger partial charge is 0.395 e. The molecule has 0 saturated heterocycles. The van der Waals surface area contributed by atoms with Crippen LogP contribution in [-0.2, 0) is 17.9 Å². The van der Waals surface area contributed by atoms with Crippen molar-refractivity contribution in [2.45, 2.75) is 32.5 Å². The summed E-state index contributed by atoms with van der Waals surface area (Å²) in [6.07, 6.45) is 0.939. The number of benzene rings is 1. The fraction of sp³-hybridized carbons (Fsp3) is 0.538. The van der Waals surface area contributed by atoms with Gasteiger partial charge in [0.1, 0.15) is 0 Å². The summed E-state index contributed by atoms with van der Waals surface area (Å²) in [4.78, 5) is 0. The first-order valence-corrected chi connectivity index (χ1v) is 5.71. The van der Waals surface area contributed by atoms with Crippen LogP contribution in [0.4, 0.5) is 0 Å². The highest BCUT2D eigenvalue weighted by molar-refractivity contribution is 5.22. The van der Waals surface area contributed by atoms with Crippen molar-refractivity contribution in [1.29, 1.82) is 0 Å². The number of ether oxygens (including phenoxy) is 1. The second-order valence-corrected chi connectivity index (χ2v) is 3.92. The molecule has 1 rings (SSSR count). The Morgan fingerprint density at radius 2 is 2.12 bits per heavy atom. The molecule has 16 heavy (non-hydrogen) atoms. The Bertz CT molecular complexity index is 298. The molecule has 0 bridgehead atoms. The van der Waals surface area contributed by atoms with Gasteiger partial charge in [-0.15, -0.1) is 0 Å². The van der Waals surface area contributed by atoms with Gasteiger partial charge in [0.05, 0.1) is 13.2 Å². The molecule has 3 nitrogen and oxygen atoms in total. The molecule has 0 aromatic heterocycles. The van der Waals surface area contributed by atoms with Gasteiger partial charge in [-0.25, -0.2) is 0 Å². The van der Waals surface area contributed by atoms with E-state index in [2.05, 4.69) is 30.4 Å². The number of rotatable bonds is 7. The second-order valence-electron chi connectivity index (χ2n) is 3.92. The summed E-state index contributed by atoms with van der Waals surface area (Å²) in [5.74, 6) is 0. The maximum absolute atomic E-state index is 9.06. The zero-order valence-corrected chi connectivity index (χ0v) is 10.1. The predicted octanol–water partition coefficient (Wildman–Crippen LogP) is 1.69. The summed E-state index contributed by atoms with van der Waals surface area (Å²) in [6.45, 7) is 3.69. The minimum atomic E-state index is 0.186. The molecule has 0 unspecified atom stereocenters. The Kier molecular flexibility index (Phi) is 6.08. The molecule has 0 spiro atoms. The Morgan fingerprint density at radius 3 is 2.75 bits per heavy atom. The minimum Gasteiger partial charge on any atom is -0.395 e. The summed E-state index contributed by atoms with van der Waals surface area (Å²) in [5.41, 5.74) is 2.40. The van der Waals surface area contributed by atoms with Crippen molar-refractivity contribution in [1.82, 2.24) is 5.32 Å². The van der Waals surface area contributed by atoms with E-state index in [9.17, 15) is 0 Å². The highest BCUT2D eigenvalue weighted by Crippen LogP contribution is 2.06. The number of aliphatic hydroxyl groups is 1. The van der Waals surface area contributed by atoms with Crippen LogP contribution in [0.15, 0.2) is 24.3 Å². The Morgan fingerprint density at radius 1 is 1.38 bits per heavy atom. The van der Waals surface area contributed by atoms with Crippen molar-refractivity contribution < 1.29 is 9.84 Å². The van der Waals surface area contributed by atoms with Gasteiger partial charge in [0.2, 0.25) is 0 Å². The average Bonchev–Trinajstić information content (AvgIpc) is 2.31. The van der Waals surface area contributed by atoms with E-state index in [1.54, 1.807) is 7.11 Å². The molecule has 0 aliphatic rings. The third kappa shape index (κ3) is 4.31. The highest BCUT2D eigenvalue weighted by atomic mass is 16.5. The SMILES string of the molecule is CC[C@@H](CO)NCc1cccc(COC)c1. The van der Waals surface area contributed by atoms with Gasteiger partial charge in [-0.2, -0.15) is 0 Å². The Labute approximate surface area is 97.4 Å². The van der Waals surface area contributed by atoms with Gasteiger partial charge in [-0.05, 0) is 17.5 Å². The first-order valence-electron chi connectivity index (χ1n) is 5.71. The van der Waals surface area contributed by atoms with Crippen molar-refractivity contribution in [3.63, 3.8) is 0 Å². The van der Waals surface area contributed by atoms with Crippen molar-refractivity contribution in [3.05, 3.63) is 35.4 Å². The second kappa shape index (κ2) is 7.39. The quantitative estimate of drug-likeness (QED) is 0.739. The van der Waals surface area contributed by atoms with E-state index in [0.717, 1.165) is 13.0 Å². The van der Waals surface area contributed by atoms with Crippen LogP contribution in [0.3, 0.4) is 0 Å². The van der Waals surface area contributed by atoms with Crippen LogP contribution in [0.25, 0.3) is 0 Å². The van der Waals surface area contributed by atoms with Gasteiger partial charge in [0.25, 0.3) is 0 Å². The molecule has 0 saturated carbocycles. The lowest BCUT2D eigenvalue weighted by molar-refractivity contribution is 0.185. The van der Waals surface area contributed by atoms with Gasteiger partial charge in [-0.1, -0.05) is 31.2 Å². The zero-order valence-electron chi connectivity index (χ0n) is 10.1. The van der Waals surface area contributed by atoms with Crippen molar-refractivity contribution >= 4 is 0 Å². The molecular weight excluding hydrogens is 202 g/mol. The lowest BCUT2D eigenvalue weighted by atomic mass is 10.1. The standard InChI is InChI=1S/C13H21NO2/c1-3-13(9-15)14-8-11-5-4-6-12(7-11)10-16-2/h4-7,13-15H,3,8-10H2,1-2H3/t13-/m0/s1. The molecule has 90 valence electrons. The van der Waals surface area contributed by atoms with E-state index in [0.29, 0.717) is 6.61 Å². The first-order chi connectivity index (χ1) is 7.80. The van der Waals surface area contributed by atoms with Crippen LogP contribution in [-0.4, -0.2) is 24.9 Å². The maximum atomic E-state index is 9.06. The van der Waals surface area contributed by atoms with Crippen LogP contribution in [0.2, 0.25) is 0 Å². The smallest absolute Gasteiger partial charge is 0.0713 e. The maximum Gasteiger partial charge on any atom is 0.0713 e. The lowest BCUT2D eigenvalue weighted by Crippen LogP contribution is -2.31. The topological polar surface area (TPSA) is 41.5 Å². The molecule has 2 N–H and O–H groups in total. The summed E-state index contributed by atoms with van der Waals surface area (Å²) in [6, 6.07) is 8.48. The minimum absolute atomic E-state index is 0.186. The molecule has 0 heterocycles. The van der Waals surface area contributed by atoms with Crippen LogP contribution < -0.4 is 5.32 Å².